The van der Waals surface area contributed by atoms with E-state index in [9.17, 15) is 19.8 Å². The summed E-state index contributed by atoms with van der Waals surface area (Å²) in [6.45, 7) is 9.21. The number of benzene rings is 1. The van der Waals surface area contributed by atoms with Crippen LogP contribution in [0.3, 0.4) is 0 Å². The van der Waals surface area contributed by atoms with Crippen LogP contribution in [0, 0.1) is 11.3 Å². The molecule has 0 heterocycles. The summed E-state index contributed by atoms with van der Waals surface area (Å²) in [4.78, 5) is 25.7. The number of ether oxygens (including phenoxy) is 1. The van der Waals surface area contributed by atoms with E-state index < -0.39 is 16.7 Å². The number of methoxy groups -OCH3 is 1. The smallest absolute Gasteiger partial charge is 0.171 e. The van der Waals surface area contributed by atoms with E-state index in [0.717, 1.165) is 0 Å². The van der Waals surface area contributed by atoms with Crippen LogP contribution < -0.4 is 4.74 Å². The third-order valence-corrected chi connectivity index (χ3v) is 6.25. The minimum atomic E-state index is -0.840. The highest BCUT2D eigenvalue weighted by Gasteiger charge is 2.62. The fourth-order valence-electron chi connectivity index (χ4n) is 5.09. The van der Waals surface area contributed by atoms with Gasteiger partial charge in [-0.15, -0.1) is 0 Å². The van der Waals surface area contributed by atoms with Gasteiger partial charge in [0.15, 0.2) is 17.3 Å². The van der Waals surface area contributed by atoms with Crippen molar-refractivity contribution in [2.75, 3.05) is 7.11 Å². The van der Waals surface area contributed by atoms with Crippen LogP contribution in [0.1, 0.15) is 74.9 Å². The average molecular weight is 346 g/mol. The number of phenols is 2. The first-order valence-electron chi connectivity index (χ1n) is 8.73. The zero-order chi connectivity index (χ0) is 18.9. The quantitative estimate of drug-likeness (QED) is 0.798. The Morgan fingerprint density at radius 2 is 1.72 bits per heavy atom. The topological polar surface area (TPSA) is 83.8 Å². The van der Waals surface area contributed by atoms with Crippen LogP contribution >= 0.6 is 0 Å². The first kappa shape index (κ1) is 17.8. The molecule has 0 aliphatic heterocycles. The molecule has 2 aliphatic rings. The van der Waals surface area contributed by atoms with Crippen LogP contribution in [0.5, 0.6) is 17.2 Å². The summed E-state index contributed by atoms with van der Waals surface area (Å²) in [7, 11) is 1.44. The zero-order valence-electron chi connectivity index (χ0n) is 15.7. The van der Waals surface area contributed by atoms with Gasteiger partial charge in [0.1, 0.15) is 11.5 Å². The molecule has 5 nitrogen and oxygen atoms in total. The number of carbonyl (C=O) groups excluding carboxylic acids is 2. The molecule has 2 atom stereocenters. The number of carbonyl (C=O) groups is 2. The minimum absolute atomic E-state index is 0.0474. The molecule has 1 fully saturated rings. The molecule has 5 heteroatoms. The number of aromatic hydroxyl groups is 2. The van der Waals surface area contributed by atoms with E-state index >= 15 is 0 Å². The molecule has 2 N–H and O–H groups in total. The van der Waals surface area contributed by atoms with Crippen LogP contribution in [-0.4, -0.2) is 28.9 Å². The predicted molar refractivity (Wildman–Crippen MR) is 93.6 cm³/mol. The van der Waals surface area contributed by atoms with Crippen LogP contribution in [-0.2, 0) is 10.2 Å². The van der Waals surface area contributed by atoms with E-state index in [1.165, 1.54) is 7.11 Å². The molecule has 3 rings (SSSR count). The van der Waals surface area contributed by atoms with Gasteiger partial charge in [0.05, 0.1) is 12.7 Å². The highest BCUT2D eigenvalue weighted by atomic mass is 16.5. The van der Waals surface area contributed by atoms with Gasteiger partial charge in [0.2, 0.25) is 0 Å². The summed E-state index contributed by atoms with van der Waals surface area (Å²) in [6.07, 6.45) is 0.816. The zero-order valence-corrected chi connectivity index (χ0v) is 15.7. The highest BCUT2D eigenvalue weighted by molar-refractivity contribution is 6.11. The number of hydrogen-bond donors (Lipinski definition) is 2. The van der Waals surface area contributed by atoms with Gasteiger partial charge in [-0.05, 0) is 12.3 Å². The van der Waals surface area contributed by atoms with E-state index in [1.807, 2.05) is 20.8 Å². The summed E-state index contributed by atoms with van der Waals surface area (Å²) in [6, 6.07) is 0. The normalized spacial score (nSPS) is 27.4. The molecular weight excluding hydrogens is 320 g/mol. The Hall–Kier alpha value is -2.04. The van der Waals surface area contributed by atoms with Gasteiger partial charge in [-0.2, -0.15) is 0 Å². The van der Waals surface area contributed by atoms with Crippen molar-refractivity contribution in [3.05, 3.63) is 16.7 Å². The first-order valence-corrected chi connectivity index (χ1v) is 8.73. The summed E-state index contributed by atoms with van der Waals surface area (Å²) >= 11 is 0. The Morgan fingerprint density at radius 3 is 2.24 bits per heavy atom. The average Bonchev–Trinajstić information content (AvgIpc) is 2.76. The lowest BCUT2D eigenvalue weighted by Crippen LogP contribution is -2.49. The van der Waals surface area contributed by atoms with Crippen LogP contribution in [0.4, 0.5) is 0 Å². The maximum atomic E-state index is 13.3. The lowest BCUT2D eigenvalue weighted by Gasteiger charge is -2.45. The molecule has 0 spiro atoms. The van der Waals surface area contributed by atoms with Crippen LogP contribution in [0.15, 0.2) is 0 Å². The number of hydrogen-bond acceptors (Lipinski definition) is 5. The van der Waals surface area contributed by atoms with Gasteiger partial charge in [-0.1, -0.05) is 34.6 Å². The maximum absolute atomic E-state index is 13.3. The van der Waals surface area contributed by atoms with Crippen LogP contribution in [0.25, 0.3) is 0 Å². The maximum Gasteiger partial charge on any atom is 0.171 e. The Bertz CT molecular complexity index is 790. The number of ketones is 2. The van der Waals surface area contributed by atoms with E-state index in [-0.39, 0.29) is 40.3 Å². The van der Waals surface area contributed by atoms with Gasteiger partial charge in [-0.3, -0.25) is 9.59 Å². The van der Waals surface area contributed by atoms with Crippen molar-refractivity contribution in [3.63, 3.8) is 0 Å². The monoisotopic (exact) mass is 346 g/mol. The Labute approximate surface area is 148 Å². The molecular formula is C20H26O5. The standard InChI is InChI=1S/C20H26O5/c1-9(2)11-14(22)12-13(16(24)17(11)25-6)20(5)8-7-10(21)19(3,4)18(20)15(12)23/h9,18,22,24H,7-8H2,1-6H3. The first-order chi connectivity index (χ1) is 11.5. The molecule has 1 aromatic rings. The molecule has 0 radical (unpaired) electrons. The SMILES string of the molecule is COc1c(O)c2c(c(O)c1C(C)C)C(=O)C1C(C)(C)C(=O)CCC21C. The number of rotatable bonds is 2. The van der Waals surface area contributed by atoms with Gasteiger partial charge in [0, 0.05) is 34.3 Å². The molecule has 0 bridgehead atoms. The second kappa shape index (κ2) is 5.23. The molecule has 0 aromatic heterocycles. The van der Waals surface area contributed by atoms with Crippen molar-refractivity contribution in [1.82, 2.24) is 0 Å². The largest absolute Gasteiger partial charge is 0.507 e. The summed E-state index contributed by atoms with van der Waals surface area (Å²) in [5.41, 5.74) is -0.515. The Balaban J connectivity index is 2.40. The van der Waals surface area contributed by atoms with Crippen molar-refractivity contribution < 1.29 is 24.5 Å². The third kappa shape index (κ3) is 2.01. The molecule has 2 unspecified atom stereocenters. The van der Waals surface area contributed by atoms with E-state index in [0.29, 0.717) is 24.0 Å². The van der Waals surface area contributed by atoms with Crippen molar-refractivity contribution in [2.24, 2.45) is 11.3 Å². The van der Waals surface area contributed by atoms with Crippen molar-refractivity contribution >= 4 is 11.6 Å². The van der Waals surface area contributed by atoms with E-state index in [4.69, 9.17) is 4.74 Å². The van der Waals surface area contributed by atoms with Crippen LogP contribution in [0.2, 0.25) is 0 Å². The molecule has 0 amide bonds. The molecule has 1 saturated carbocycles. The molecule has 0 saturated heterocycles. The second-order valence-electron chi connectivity index (χ2n) is 8.41. The fourth-order valence-corrected chi connectivity index (χ4v) is 5.09. The summed E-state index contributed by atoms with van der Waals surface area (Å²) in [5.74, 6) is -0.926. The molecule has 136 valence electrons. The third-order valence-electron chi connectivity index (χ3n) is 6.25. The van der Waals surface area contributed by atoms with Gasteiger partial charge in [-0.25, -0.2) is 0 Å². The predicted octanol–water partition coefficient (Wildman–Crippen LogP) is 3.69. The van der Waals surface area contributed by atoms with E-state index in [2.05, 4.69) is 0 Å². The molecule has 2 aliphatic carbocycles. The lowest BCUT2D eigenvalue weighted by molar-refractivity contribution is -0.134. The van der Waals surface area contributed by atoms with Crippen molar-refractivity contribution in [1.29, 1.82) is 0 Å². The Kier molecular flexibility index (Phi) is 3.72. The highest BCUT2D eigenvalue weighted by Crippen LogP contribution is 2.63. The van der Waals surface area contributed by atoms with Gasteiger partial charge >= 0.3 is 0 Å². The summed E-state index contributed by atoms with van der Waals surface area (Å²) < 4.78 is 5.39. The Morgan fingerprint density at radius 1 is 1.12 bits per heavy atom. The lowest BCUT2D eigenvalue weighted by atomic mass is 9.56. The fraction of sp³-hybridized carbons (Fsp3) is 0.600. The van der Waals surface area contributed by atoms with Crippen molar-refractivity contribution in [2.45, 2.75) is 58.8 Å². The van der Waals surface area contributed by atoms with Gasteiger partial charge < -0.3 is 14.9 Å². The number of phenolic OH excluding ortho intramolecular Hbond substituents is 2. The second-order valence-corrected chi connectivity index (χ2v) is 8.41. The van der Waals surface area contributed by atoms with Crippen molar-refractivity contribution in [3.8, 4) is 17.2 Å². The van der Waals surface area contributed by atoms with Gasteiger partial charge in [0.25, 0.3) is 0 Å². The number of fused-ring (bicyclic) bond motifs is 3. The summed E-state index contributed by atoms with van der Waals surface area (Å²) in [5, 5.41) is 21.8. The minimum Gasteiger partial charge on any atom is -0.507 e. The molecule has 25 heavy (non-hydrogen) atoms. The molecule has 1 aromatic carbocycles. The van der Waals surface area contributed by atoms with E-state index in [1.54, 1.807) is 13.8 Å². The number of Topliss-reactive ketones (excluding diaryl/α,β-unsaturated/α-hetero) is 2.